The van der Waals surface area contributed by atoms with Gasteiger partial charge in [0.15, 0.2) is 5.82 Å². The summed E-state index contributed by atoms with van der Waals surface area (Å²) < 4.78 is 0. The maximum atomic E-state index is 12.1. The zero-order chi connectivity index (χ0) is 14.8. The molecule has 1 aromatic heterocycles. The highest BCUT2D eigenvalue weighted by atomic mass is 16.2. The molecule has 7 nitrogen and oxygen atoms in total. The molecule has 0 saturated carbocycles. The number of nitrogens with one attached hydrogen (secondary N) is 3. The average Bonchev–Trinajstić information content (AvgIpc) is 3.08. The average molecular weight is 285 g/mol. The fourth-order valence-corrected chi connectivity index (χ4v) is 2.24. The van der Waals surface area contributed by atoms with E-state index in [0.717, 1.165) is 11.4 Å². The van der Waals surface area contributed by atoms with Crippen molar-refractivity contribution in [3.8, 4) is 11.4 Å². The van der Waals surface area contributed by atoms with Gasteiger partial charge in [0.25, 0.3) is 0 Å². The van der Waals surface area contributed by atoms with Crippen LogP contribution in [-0.4, -0.2) is 33.5 Å². The van der Waals surface area contributed by atoms with E-state index < -0.39 is 0 Å². The molecule has 2 heterocycles. The summed E-state index contributed by atoms with van der Waals surface area (Å²) in [5.74, 6) is 0.764. The Morgan fingerprint density at radius 1 is 1.43 bits per heavy atom. The minimum absolute atomic E-state index is 0.0832. The first-order valence-electron chi connectivity index (χ1n) is 6.69. The topological polar surface area (TPSA) is 99.8 Å². The van der Waals surface area contributed by atoms with Crippen LogP contribution in [0.15, 0.2) is 24.3 Å². The van der Waals surface area contributed by atoms with Crippen molar-refractivity contribution in [3.63, 3.8) is 0 Å². The molecule has 1 unspecified atom stereocenters. The van der Waals surface area contributed by atoms with Crippen LogP contribution >= 0.6 is 0 Å². The first-order valence-corrected chi connectivity index (χ1v) is 6.69. The number of carbonyl (C=O) groups excluding carboxylic acids is 2. The van der Waals surface area contributed by atoms with Crippen LogP contribution in [0, 0.1) is 12.8 Å². The first kappa shape index (κ1) is 13.3. The normalized spacial score (nSPS) is 17.6. The molecule has 1 atom stereocenters. The monoisotopic (exact) mass is 285 g/mol. The quantitative estimate of drug-likeness (QED) is 0.778. The van der Waals surface area contributed by atoms with Gasteiger partial charge in [0.1, 0.15) is 5.82 Å². The summed E-state index contributed by atoms with van der Waals surface area (Å²) in [6.45, 7) is 2.22. The largest absolute Gasteiger partial charge is 0.355 e. The van der Waals surface area contributed by atoms with Crippen LogP contribution in [0.1, 0.15) is 12.2 Å². The predicted octanol–water partition coefficient (Wildman–Crippen LogP) is 0.855. The molecule has 0 bridgehead atoms. The Hall–Kier alpha value is -2.70. The number of aryl methyl sites for hydroxylation is 1. The van der Waals surface area contributed by atoms with Crippen LogP contribution in [0.25, 0.3) is 11.4 Å². The van der Waals surface area contributed by atoms with Crippen LogP contribution in [0.4, 0.5) is 5.69 Å². The van der Waals surface area contributed by atoms with Crippen LogP contribution in [0.3, 0.4) is 0 Å². The SMILES string of the molecule is Cc1nc(-c2cccc(NC(=O)C3CNC(=O)C3)c2)n[nH]1. The van der Waals surface area contributed by atoms with Crippen molar-refractivity contribution in [1.82, 2.24) is 20.5 Å². The number of aromatic amines is 1. The number of rotatable bonds is 3. The third-order valence-corrected chi connectivity index (χ3v) is 3.33. The molecule has 3 rings (SSSR count). The Balaban J connectivity index is 1.74. The van der Waals surface area contributed by atoms with E-state index in [2.05, 4.69) is 25.8 Å². The summed E-state index contributed by atoms with van der Waals surface area (Å²) in [6, 6.07) is 7.31. The van der Waals surface area contributed by atoms with Gasteiger partial charge in [0, 0.05) is 24.2 Å². The van der Waals surface area contributed by atoms with E-state index in [4.69, 9.17) is 0 Å². The summed E-state index contributed by atoms with van der Waals surface area (Å²) in [5.41, 5.74) is 1.48. The third kappa shape index (κ3) is 2.91. The Labute approximate surface area is 121 Å². The zero-order valence-corrected chi connectivity index (χ0v) is 11.5. The molecule has 0 spiro atoms. The van der Waals surface area contributed by atoms with Crippen molar-refractivity contribution >= 4 is 17.5 Å². The molecular formula is C14H15N5O2. The second kappa shape index (κ2) is 5.35. The molecule has 1 fully saturated rings. The molecule has 3 N–H and O–H groups in total. The molecule has 108 valence electrons. The molecule has 1 saturated heterocycles. The van der Waals surface area contributed by atoms with Gasteiger partial charge in [-0.25, -0.2) is 4.98 Å². The minimum Gasteiger partial charge on any atom is -0.355 e. The molecule has 7 heteroatoms. The van der Waals surface area contributed by atoms with E-state index in [0.29, 0.717) is 18.1 Å². The molecule has 21 heavy (non-hydrogen) atoms. The van der Waals surface area contributed by atoms with Gasteiger partial charge in [-0.2, -0.15) is 5.10 Å². The Kier molecular flexibility index (Phi) is 3.39. The summed E-state index contributed by atoms with van der Waals surface area (Å²) in [7, 11) is 0. The van der Waals surface area contributed by atoms with Crippen LogP contribution in [0.2, 0.25) is 0 Å². The van der Waals surface area contributed by atoms with Crippen molar-refractivity contribution in [3.05, 3.63) is 30.1 Å². The Bertz CT molecular complexity index is 694. The number of H-pyrrole nitrogens is 1. The standard InChI is InChI=1S/C14H15N5O2/c1-8-16-13(19-18-8)9-3-2-4-11(5-9)17-14(21)10-6-12(20)15-7-10/h2-5,10H,6-7H2,1H3,(H,15,20)(H,17,21)(H,16,18,19). The first-order chi connectivity index (χ1) is 10.1. The van der Waals surface area contributed by atoms with Gasteiger partial charge in [-0.05, 0) is 19.1 Å². The summed E-state index contributed by atoms with van der Waals surface area (Å²) in [6.07, 6.45) is 0.242. The van der Waals surface area contributed by atoms with E-state index in [1.165, 1.54) is 0 Å². The van der Waals surface area contributed by atoms with Gasteiger partial charge >= 0.3 is 0 Å². The smallest absolute Gasteiger partial charge is 0.229 e. The molecule has 0 radical (unpaired) electrons. The second-order valence-electron chi connectivity index (χ2n) is 5.02. The lowest BCUT2D eigenvalue weighted by Gasteiger charge is -2.09. The van der Waals surface area contributed by atoms with Gasteiger partial charge in [-0.1, -0.05) is 12.1 Å². The van der Waals surface area contributed by atoms with E-state index in [-0.39, 0.29) is 24.2 Å². The molecule has 2 aromatic rings. The lowest BCUT2D eigenvalue weighted by Crippen LogP contribution is -2.24. The minimum atomic E-state index is -0.313. The molecule has 1 aliphatic heterocycles. The highest BCUT2D eigenvalue weighted by Gasteiger charge is 2.27. The van der Waals surface area contributed by atoms with Crippen molar-refractivity contribution in [2.45, 2.75) is 13.3 Å². The van der Waals surface area contributed by atoms with Gasteiger partial charge < -0.3 is 10.6 Å². The Morgan fingerprint density at radius 2 is 2.29 bits per heavy atom. The number of amides is 2. The van der Waals surface area contributed by atoms with Crippen LogP contribution < -0.4 is 10.6 Å². The summed E-state index contributed by atoms with van der Waals surface area (Å²) in [5, 5.41) is 12.3. The van der Waals surface area contributed by atoms with Gasteiger partial charge in [0.05, 0.1) is 5.92 Å². The van der Waals surface area contributed by atoms with Crippen molar-refractivity contribution in [1.29, 1.82) is 0 Å². The van der Waals surface area contributed by atoms with Gasteiger partial charge in [0.2, 0.25) is 11.8 Å². The van der Waals surface area contributed by atoms with Crippen molar-refractivity contribution in [2.75, 3.05) is 11.9 Å². The number of aromatic nitrogens is 3. The summed E-state index contributed by atoms with van der Waals surface area (Å²) >= 11 is 0. The van der Waals surface area contributed by atoms with E-state index in [1.807, 2.05) is 25.1 Å². The van der Waals surface area contributed by atoms with E-state index in [1.54, 1.807) is 6.07 Å². The maximum Gasteiger partial charge on any atom is 0.229 e. The van der Waals surface area contributed by atoms with Crippen molar-refractivity contribution < 1.29 is 9.59 Å². The third-order valence-electron chi connectivity index (χ3n) is 3.33. The molecular weight excluding hydrogens is 270 g/mol. The zero-order valence-electron chi connectivity index (χ0n) is 11.5. The highest BCUT2D eigenvalue weighted by molar-refractivity contribution is 5.97. The van der Waals surface area contributed by atoms with Gasteiger partial charge in [-0.15, -0.1) is 0 Å². The number of benzene rings is 1. The fourth-order valence-electron chi connectivity index (χ4n) is 2.24. The fraction of sp³-hybridized carbons (Fsp3) is 0.286. The number of hydrogen-bond acceptors (Lipinski definition) is 4. The molecule has 1 aliphatic rings. The summed E-state index contributed by atoms with van der Waals surface area (Å²) in [4.78, 5) is 27.5. The highest BCUT2D eigenvalue weighted by Crippen LogP contribution is 2.20. The second-order valence-corrected chi connectivity index (χ2v) is 5.02. The number of nitrogens with zero attached hydrogens (tertiary/aromatic N) is 2. The lowest BCUT2D eigenvalue weighted by atomic mass is 10.1. The number of hydrogen-bond donors (Lipinski definition) is 3. The van der Waals surface area contributed by atoms with E-state index in [9.17, 15) is 9.59 Å². The Morgan fingerprint density at radius 3 is 2.95 bits per heavy atom. The molecule has 0 aliphatic carbocycles. The maximum absolute atomic E-state index is 12.1. The van der Waals surface area contributed by atoms with Crippen LogP contribution in [-0.2, 0) is 9.59 Å². The lowest BCUT2D eigenvalue weighted by molar-refractivity contribution is -0.123. The van der Waals surface area contributed by atoms with Gasteiger partial charge in [-0.3, -0.25) is 14.7 Å². The number of anilines is 1. The van der Waals surface area contributed by atoms with E-state index >= 15 is 0 Å². The number of carbonyl (C=O) groups is 2. The van der Waals surface area contributed by atoms with Crippen molar-refractivity contribution in [2.24, 2.45) is 5.92 Å². The van der Waals surface area contributed by atoms with Crippen LogP contribution in [0.5, 0.6) is 0 Å². The molecule has 2 amide bonds. The molecule has 1 aromatic carbocycles. The predicted molar refractivity (Wildman–Crippen MR) is 76.3 cm³/mol.